The SMILES string of the molecule is Cc1cn(CC(C)C2CCC2)cc1C. The van der Waals surface area contributed by atoms with Crippen molar-refractivity contribution >= 4 is 0 Å². The van der Waals surface area contributed by atoms with Gasteiger partial charge in [0.25, 0.3) is 0 Å². The number of hydrogen-bond donors (Lipinski definition) is 0. The summed E-state index contributed by atoms with van der Waals surface area (Å²) in [6, 6.07) is 0. The largest absolute Gasteiger partial charge is 0.353 e. The first kappa shape index (κ1) is 9.82. The number of rotatable bonds is 3. The first-order valence-electron chi connectivity index (χ1n) is 5.80. The van der Waals surface area contributed by atoms with Crippen molar-refractivity contribution in [3.63, 3.8) is 0 Å². The van der Waals surface area contributed by atoms with Crippen molar-refractivity contribution in [3.8, 4) is 0 Å². The lowest BCUT2D eigenvalue weighted by molar-refractivity contribution is 0.201. The molecule has 1 heterocycles. The molecule has 1 heteroatoms. The summed E-state index contributed by atoms with van der Waals surface area (Å²) >= 11 is 0. The molecule has 1 aliphatic carbocycles. The lowest BCUT2D eigenvalue weighted by atomic mass is 9.77. The van der Waals surface area contributed by atoms with Gasteiger partial charge in [0, 0.05) is 18.9 Å². The van der Waals surface area contributed by atoms with Crippen molar-refractivity contribution in [2.24, 2.45) is 11.8 Å². The van der Waals surface area contributed by atoms with Crippen molar-refractivity contribution in [2.75, 3.05) is 0 Å². The Balaban J connectivity index is 1.95. The number of hydrogen-bond acceptors (Lipinski definition) is 0. The minimum Gasteiger partial charge on any atom is -0.353 e. The lowest BCUT2D eigenvalue weighted by Crippen LogP contribution is -2.23. The fourth-order valence-electron chi connectivity index (χ4n) is 2.33. The van der Waals surface area contributed by atoms with Gasteiger partial charge in [0.05, 0.1) is 0 Å². The second kappa shape index (κ2) is 3.80. The summed E-state index contributed by atoms with van der Waals surface area (Å²) in [5.41, 5.74) is 2.84. The molecule has 0 amide bonds. The van der Waals surface area contributed by atoms with Crippen LogP contribution in [0.1, 0.15) is 37.3 Å². The number of nitrogens with zero attached hydrogens (tertiary/aromatic N) is 1. The van der Waals surface area contributed by atoms with Crippen LogP contribution in [0.25, 0.3) is 0 Å². The monoisotopic (exact) mass is 191 g/mol. The van der Waals surface area contributed by atoms with Gasteiger partial charge in [0.2, 0.25) is 0 Å². The Morgan fingerprint density at radius 2 is 1.86 bits per heavy atom. The van der Waals surface area contributed by atoms with Crippen LogP contribution in [0.2, 0.25) is 0 Å². The second-order valence-electron chi connectivity index (χ2n) is 4.99. The van der Waals surface area contributed by atoms with Gasteiger partial charge in [-0.2, -0.15) is 0 Å². The molecule has 1 atom stereocenters. The first-order chi connectivity index (χ1) is 6.66. The van der Waals surface area contributed by atoms with Crippen LogP contribution in [0, 0.1) is 25.7 Å². The highest BCUT2D eigenvalue weighted by Crippen LogP contribution is 2.34. The van der Waals surface area contributed by atoms with Crippen LogP contribution in [0.15, 0.2) is 12.4 Å². The fourth-order valence-corrected chi connectivity index (χ4v) is 2.33. The van der Waals surface area contributed by atoms with Gasteiger partial charge in [-0.1, -0.05) is 26.2 Å². The van der Waals surface area contributed by atoms with Gasteiger partial charge in [-0.05, 0) is 36.8 Å². The highest BCUT2D eigenvalue weighted by Gasteiger charge is 2.23. The average molecular weight is 191 g/mol. The molecule has 0 spiro atoms. The van der Waals surface area contributed by atoms with E-state index >= 15 is 0 Å². The van der Waals surface area contributed by atoms with Crippen molar-refractivity contribution < 1.29 is 0 Å². The maximum Gasteiger partial charge on any atom is 0.0248 e. The van der Waals surface area contributed by atoms with Crippen LogP contribution < -0.4 is 0 Å². The third kappa shape index (κ3) is 1.87. The number of aromatic nitrogens is 1. The van der Waals surface area contributed by atoms with Crippen LogP contribution in [0.4, 0.5) is 0 Å². The van der Waals surface area contributed by atoms with Crippen molar-refractivity contribution in [3.05, 3.63) is 23.5 Å². The Kier molecular flexibility index (Phi) is 2.66. The van der Waals surface area contributed by atoms with Gasteiger partial charge in [-0.15, -0.1) is 0 Å². The molecule has 0 aliphatic heterocycles. The molecule has 1 saturated carbocycles. The van der Waals surface area contributed by atoms with Crippen LogP contribution in [-0.4, -0.2) is 4.57 Å². The van der Waals surface area contributed by atoms with Gasteiger partial charge in [-0.25, -0.2) is 0 Å². The molecular formula is C13H21N. The van der Waals surface area contributed by atoms with Gasteiger partial charge < -0.3 is 4.57 Å². The van der Waals surface area contributed by atoms with Crippen LogP contribution in [0.5, 0.6) is 0 Å². The highest BCUT2D eigenvalue weighted by molar-refractivity contribution is 5.20. The van der Waals surface area contributed by atoms with E-state index in [2.05, 4.69) is 37.7 Å². The Hall–Kier alpha value is -0.720. The fraction of sp³-hybridized carbons (Fsp3) is 0.692. The van der Waals surface area contributed by atoms with Crippen LogP contribution in [-0.2, 0) is 6.54 Å². The minimum atomic E-state index is 0.856. The molecule has 1 aliphatic rings. The Morgan fingerprint density at radius 3 is 2.29 bits per heavy atom. The molecule has 2 rings (SSSR count). The third-order valence-electron chi connectivity index (χ3n) is 3.79. The quantitative estimate of drug-likeness (QED) is 0.688. The van der Waals surface area contributed by atoms with Crippen molar-refractivity contribution in [2.45, 2.75) is 46.6 Å². The summed E-state index contributed by atoms with van der Waals surface area (Å²) in [6.45, 7) is 7.99. The molecule has 0 radical (unpaired) electrons. The summed E-state index contributed by atoms with van der Waals surface area (Å²) in [7, 11) is 0. The Morgan fingerprint density at radius 1 is 1.29 bits per heavy atom. The van der Waals surface area contributed by atoms with Crippen LogP contribution >= 0.6 is 0 Å². The lowest BCUT2D eigenvalue weighted by Gasteiger charge is -2.31. The summed E-state index contributed by atoms with van der Waals surface area (Å²) in [6.07, 6.45) is 8.94. The molecule has 1 unspecified atom stereocenters. The van der Waals surface area contributed by atoms with Crippen LogP contribution in [0.3, 0.4) is 0 Å². The van der Waals surface area contributed by atoms with Gasteiger partial charge >= 0.3 is 0 Å². The zero-order valence-corrected chi connectivity index (χ0v) is 9.59. The zero-order chi connectivity index (χ0) is 10.1. The average Bonchev–Trinajstić information content (AvgIpc) is 2.26. The predicted octanol–water partition coefficient (Wildman–Crippen LogP) is 3.54. The minimum absolute atomic E-state index is 0.856. The van der Waals surface area contributed by atoms with E-state index < -0.39 is 0 Å². The molecule has 0 aromatic carbocycles. The molecule has 1 aromatic rings. The first-order valence-corrected chi connectivity index (χ1v) is 5.80. The zero-order valence-electron chi connectivity index (χ0n) is 9.59. The molecule has 0 N–H and O–H groups in total. The molecule has 1 nitrogen and oxygen atoms in total. The molecule has 0 bridgehead atoms. The van der Waals surface area contributed by atoms with E-state index in [1.165, 1.54) is 36.9 Å². The molecule has 78 valence electrons. The maximum absolute atomic E-state index is 2.40. The molecule has 0 saturated heterocycles. The van der Waals surface area contributed by atoms with Crippen molar-refractivity contribution in [1.82, 2.24) is 4.57 Å². The van der Waals surface area contributed by atoms with E-state index in [1.807, 2.05) is 0 Å². The summed E-state index contributed by atoms with van der Waals surface area (Å²) in [5.74, 6) is 1.85. The number of aryl methyl sites for hydroxylation is 2. The van der Waals surface area contributed by atoms with E-state index in [-0.39, 0.29) is 0 Å². The molecule has 1 aromatic heterocycles. The third-order valence-corrected chi connectivity index (χ3v) is 3.79. The van der Waals surface area contributed by atoms with E-state index in [1.54, 1.807) is 0 Å². The standard InChI is InChI=1S/C13H21N/c1-10-7-14(8-11(10)2)9-12(3)13-5-4-6-13/h7-8,12-13H,4-6,9H2,1-3H3. The van der Waals surface area contributed by atoms with E-state index in [0.717, 1.165) is 11.8 Å². The van der Waals surface area contributed by atoms with E-state index in [9.17, 15) is 0 Å². The Bertz CT molecular complexity index is 288. The Labute approximate surface area is 87.1 Å². The topological polar surface area (TPSA) is 4.93 Å². The van der Waals surface area contributed by atoms with Crippen molar-refractivity contribution in [1.29, 1.82) is 0 Å². The van der Waals surface area contributed by atoms with E-state index in [4.69, 9.17) is 0 Å². The highest BCUT2D eigenvalue weighted by atomic mass is 14.9. The maximum atomic E-state index is 2.40. The smallest absolute Gasteiger partial charge is 0.0248 e. The summed E-state index contributed by atoms with van der Waals surface area (Å²) < 4.78 is 2.37. The molecule has 14 heavy (non-hydrogen) atoms. The van der Waals surface area contributed by atoms with Gasteiger partial charge in [0.15, 0.2) is 0 Å². The predicted molar refractivity (Wildman–Crippen MR) is 60.4 cm³/mol. The van der Waals surface area contributed by atoms with E-state index in [0.29, 0.717) is 0 Å². The molecule has 1 fully saturated rings. The van der Waals surface area contributed by atoms with Gasteiger partial charge in [0.1, 0.15) is 0 Å². The summed E-state index contributed by atoms with van der Waals surface area (Å²) in [4.78, 5) is 0. The normalized spacial score (nSPS) is 19.4. The molecular weight excluding hydrogens is 170 g/mol. The van der Waals surface area contributed by atoms with Gasteiger partial charge in [-0.3, -0.25) is 0 Å². The summed E-state index contributed by atoms with van der Waals surface area (Å²) in [5, 5.41) is 0. The second-order valence-corrected chi connectivity index (χ2v) is 4.99.